The van der Waals surface area contributed by atoms with E-state index >= 15 is 0 Å². The quantitative estimate of drug-likeness (QED) is 0.679. The monoisotopic (exact) mass is 156 g/mol. The predicted octanol–water partition coefficient (Wildman–Crippen LogP) is 2.16. The first-order valence-corrected chi connectivity index (χ1v) is 4.39. The topological polar surface area (TPSA) is 28.7 Å². The SMILES string of the molecule is CC(C)CSc1cnc[nH]1. The summed E-state index contributed by atoms with van der Waals surface area (Å²) in [5.41, 5.74) is 0. The van der Waals surface area contributed by atoms with Gasteiger partial charge in [-0.3, -0.25) is 0 Å². The van der Waals surface area contributed by atoms with Gasteiger partial charge in [0.2, 0.25) is 0 Å². The predicted molar refractivity (Wildman–Crippen MR) is 44.1 cm³/mol. The molecule has 0 saturated heterocycles. The van der Waals surface area contributed by atoms with E-state index in [0.717, 1.165) is 16.7 Å². The number of aromatic nitrogens is 2. The highest BCUT2D eigenvalue weighted by molar-refractivity contribution is 7.99. The Balaban J connectivity index is 2.28. The molecule has 0 bridgehead atoms. The van der Waals surface area contributed by atoms with Crippen molar-refractivity contribution in [2.24, 2.45) is 5.92 Å². The standard InChI is InChI=1S/C7H12N2S/c1-6(2)4-10-7-3-8-5-9-7/h3,5-6H,4H2,1-2H3,(H,8,9). The number of thioether (sulfide) groups is 1. The molecule has 10 heavy (non-hydrogen) atoms. The molecule has 0 saturated carbocycles. The number of H-pyrrole nitrogens is 1. The number of nitrogens with one attached hydrogen (secondary N) is 1. The van der Waals surface area contributed by atoms with Crippen molar-refractivity contribution >= 4 is 11.8 Å². The summed E-state index contributed by atoms with van der Waals surface area (Å²) in [7, 11) is 0. The van der Waals surface area contributed by atoms with Crippen molar-refractivity contribution < 1.29 is 0 Å². The molecule has 0 atom stereocenters. The van der Waals surface area contributed by atoms with E-state index in [4.69, 9.17) is 0 Å². The van der Waals surface area contributed by atoms with Crippen LogP contribution in [0, 0.1) is 5.92 Å². The number of nitrogens with zero attached hydrogens (tertiary/aromatic N) is 1. The fourth-order valence-electron chi connectivity index (χ4n) is 0.579. The third-order valence-corrected chi connectivity index (χ3v) is 2.41. The largest absolute Gasteiger partial charge is 0.340 e. The van der Waals surface area contributed by atoms with E-state index in [9.17, 15) is 0 Å². The average molecular weight is 156 g/mol. The molecular weight excluding hydrogens is 144 g/mol. The van der Waals surface area contributed by atoms with E-state index in [-0.39, 0.29) is 0 Å². The minimum absolute atomic E-state index is 0.744. The fourth-order valence-corrected chi connectivity index (χ4v) is 1.36. The first kappa shape index (κ1) is 7.66. The van der Waals surface area contributed by atoms with Crippen molar-refractivity contribution in [3.8, 4) is 0 Å². The molecule has 0 aliphatic heterocycles. The molecule has 1 aromatic heterocycles. The summed E-state index contributed by atoms with van der Waals surface area (Å²) in [6.07, 6.45) is 3.57. The number of aromatic amines is 1. The lowest BCUT2D eigenvalue weighted by molar-refractivity contribution is 0.749. The second kappa shape index (κ2) is 3.66. The average Bonchev–Trinajstić information content (AvgIpc) is 2.34. The van der Waals surface area contributed by atoms with E-state index in [2.05, 4.69) is 23.8 Å². The maximum atomic E-state index is 3.92. The molecule has 0 aliphatic rings. The highest BCUT2D eigenvalue weighted by atomic mass is 32.2. The van der Waals surface area contributed by atoms with Crippen LogP contribution in [-0.4, -0.2) is 15.7 Å². The van der Waals surface area contributed by atoms with Crippen molar-refractivity contribution in [1.82, 2.24) is 9.97 Å². The molecule has 0 radical (unpaired) electrons. The van der Waals surface area contributed by atoms with Crippen LogP contribution in [0.1, 0.15) is 13.8 Å². The van der Waals surface area contributed by atoms with Gasteiger partial charge in [-0.05, 0) is 5.92 Å². The van der Waals surface area contributed by atoms with Crippen LogP contribution in [0.2, 0.25) is 0 Å². The number of rotatable bonds is 3. The third-order valence-electron chi connectivity index (χ3n) is 1.05. The zero-order valence-electron chi connectivity index (χ0n) is 6.29. The summed E-state index contributed by atoms with van der Waals surface area (Å²) < 4.78 is 0. The summed E-state index contributed by atoms with van der Waals surface area (Å²) in [6, 6.07) is 0. The molecule has 0 aromatic carbocycles. The molecule has 56 valence electrons. The lowest BCUT2D eigenvalue weighted by Gasteiger charge is -2.00. The van der Waals surface area contributed by atoms with Crippen LogP contribution < -0.4 is 0 Å². The van der Waals surface area contributed by atoms with Crippen molar-refractivity contribution in [1.29, 1.82) is 0 Å². The molecule has 2 nitrogen and oxygen atoms in total. The maximum Gasteiger partial charge on any atom is 0.0928 e. The Morgan fingerprint density at radius 1 is 1.70 bits per heavy atom. The Bertz CT molecular complexity index is 170. The minimum Gasteiger partial charge on any atom is -0.340 e. The molecule has 0 spiro atoms. The van der Waals surface area contributed by atoms with Gasteiger partial charge in [-0.25, -0.2) is 4.98 Å². The molecule has 1 heterocycles. The molecule has 0 unspecified atom stereocenters. The second-order valence-corrected chi connectivity index (χ2v) is 3.68. The Kier molecular flexibility index (Phi) is 2.81. The minimum atomic E-state index is 0.744. The number of imidazole rings is 1. The van der Waals surface area contributed by atoms with Gasteiger partial charge in [0.25, 0.3) is 0 Å². The van der Waals surface area contributed by atoms with Gasteiger partial charge in [-0.15, -0.1) is 11.8 Å². The van der Waals surface area contributed by atoms with Gasteiger partial charge < -0.3 is 4.98 Å². The first-order chi connectivity index (χ1) is 4.79. The Morgan fingerprint density at radius 3 is 3.00 bits per heavy atom. The van der Waals surface area contributed by atoms with Crippen LogP contribution >= 0.6 is 11.8 Å². The van der Waals surface area contributed by atoms with Crippen LogP contribution in [0.15, 0.2) is 17.6 Å². The Morgan fingerprint density at radius 2 is 2.50 bits per heavy atom. The lowest BCUT2D eigenvalue weighted by Crippen LogP contribution is -1.89. The molecular formula is C7H12N2S. The second-order valence-electron chi connectivity index (χ2n) is 2.62. The molecule has 1 aromatic rings. The van der Waals surface area contributed by atoms with Gasteiger partial charge in [-0.1, -0.05) is 13.8 Å². The summed E-state index contributed by atoms with van der Waals surface area (Å²) >= 11 is 1.82. The molecule has 1 rings (SSSR count). The summed E-state index contributed by atoms with van der Waals surface area (Å²) in [6.45, 7) is 4.42. The summed E-state index contributed by atoms with van der Waals surface area (Å²) in [5.74, 6) is 1.90. The Labute approximate surface area is 65.4 Å². The lowest BCUT2D eigenvalue weighted by atomic mass is 10.3. The molecule has 0 aliphatic carbocycles. The highest BCUT2D eigenvalue weighted by Crippen LogP contribution is 2.16. The van der Waals surface area contributed by atoms with Crippen LogP contribution in [0.5, 0.6) is 0 Å². The number of hydrogen-bond donors (Lipinski definition) is 1. The zero-order chi connectivity index (χ0) is 7.40. The fraction of sp³-hybridized carbons (Fsp3) is 0.571. The first-order valence-electron chi connectivity index (χ1n) is 3.40. The molecule has 0 fully saturated rings. The van der Waals surface area contributed by atoms with E-state index in [0.29, 0.717) is 0 Å². The van der Waals surface area contributed by atoms with Gasteiger partial charge in [0.05, 0.1) is 17.6 Å². The van der Waals surface area contributed by atoms with Crippen molar-refractivity contribution in [2.75, 3.05) is 5.75 Å². The van der Waals surface area contributed by atoms with Crippen molar-refractivity contribution in [3.05, 3.63) is 12.5 Å². The Hall–Kier alpha value is -0.440. The molecule has 0 amide bonds. The van der Waals surface area contributed by atoms with Gasteiger partial charge in [0.15, 0.2) is 0 Å². The van der Waals surface area contributed by atoms with Crippen LogP contribution in [-0.2, 0) is 0 Å². The summed E-state index contributed by atoms with van der Waals surface area (Å²) in [5, 5.41) is 1.16. The van der Waals surface area contributed by atoms with Gasteiger partial charge in [0, 0.05) is 5.75 Å². The smallest absolute Gasteiger partial charge is 0.0928 e. The normalized spacial score (nSPS) is 10.7. The van der Waals surface area contributed by atoms with Gasteiger partial charge >= 0.3 is 0 Å². The highest BCUT2D eigenvalue weighted by Gasteiger charge is 1.96. The third kappa shape index (κ3) is 2.43. The number of hydrogen-bond acceptors (Lipinski definition) is 2. The zero-order valence-corrected chi connectivity index (χ0v) is 7.11. The van der Waals surface area contributed by atoms with Gasteiger partial charge in [-0.2, -0.15) is 0 Å². The van der Waals surface area contributed by atoms with Crippen LogP contribution in [0.25, 0.3) is 0 Å². The van der Waals surface area contributed by atoms with E-state index < -0.39 is 0 Å². The summed E-state index contributed by atoms with van der Waals surface area (Å²) in [4.78, 5) is 6.97. The van der Waals surface area contributed by atoms with Crippen molar-refractivity contribution in [2.45, 2.75) is 18.9 Å². The van der Waals surface area contributed by atoms with Gasteiger partial charge in [0.1, 0.15) is 0 Å². The van der Waals surface area contributed by atoms with E-state index in [1.807, 2.05) is 18.0 Å². The maximum absolute atomic E-state index is 3.92. The van der Waals surface area contributed by atoms with Crippen molar-refractivity contribution in [3.63, 3.8) is 0 Å². The van der Waals surface area contributed by atoms with Crippen LogP contribution in [0.3, 0.4) is 0 Å². The molecule has 1 N–H and O–H groups in total. The van der Waals surface area contributed by atoms with E-state index in [1.54, 1.807) is 6.33 Å². The molecule has 3 heteroatoms. The van der Waals surface area contributed by atoms with E-state index in [1.165, 1.54) is 0 Å². The van der Waals surface area contributed by atoms with Crippen LogP contribution in [0.4, 0.5) is 0 Å².